The Morgan fingerprint density at radius 3 is 2.05 bits per heavy atom. The summed E-state index contributed by atoms with van der Waals surface area (Å²) >= 11 is 1.09. The second-order valence-electron chi connectivity index (χ2n) is 4.24. The van der Waals surface area contributed by atoms with Crippen molar-refractivity contribution in [3.05, 3.63) is 41.7 Å². The molecule has 0 saturated heterocycles. The Balaban J connectivity index is 2.29. The van der Waals surface area contributed by atoms with Crippen molar-refractivity contribution in [2.45, 2.75) is 19.3 Å². The number of allylic oxidation sites excluding steroid dienone is 1. The molecule has 1 aromatic carbocycles. The van der Waals surface area contributed by atoms with Gasteiger partial charge in [0.15, 0.2) is 5.70 Å². The van der Waals surface area contributed by atoms with E-state index < -0.39 is 23.6 Å². The highest BCUT2D eigenvalue weighted by Gasteiger charge is 2.43. The number of hydrazine groups is 2. The predicted molar refractivity (Wildman–Crippen MR) is 71.2 cm³/mol. The molecule has 0 unspecified atom stereocenters. The van der Waals surface area contributed by atoms with Crippen LogP contribution in [0, 0.1) is 0 Å². The molecule has 0 radical (unpaired) electrons. The van der Waals surface area contributed by atoms with Crippen molar-refractivity contribution in [1.82, 2.24) is 9.95 Å². The van der Waals surface area contributed by atoms with Gasteiger partial charge in [-0.2, -0.15) is 26.3 Å². The number of halogens is 6. The molecule has 1 aromatic rings. The van der Waals surface area contributed by atoms with Crippen molar-refractivity contribution < 1.29 is 26.3 Å². The molecule has 1 heterocycles. The van der Waals surface area contributed by atoms with Gasteiger partial charge in [-0.15, -0.1) is 5.53 Å². The fourth-order valence-electron chi connectivity index (χ4n) is 1.75. The third kappa shape index (κ3) is 3.61. The molecule has 22 heavy (non-hydrogen) atoms. The van der Waals surface area contributed by atoms with Gasteiger partial charge in [-0.3, -0.25) is 5.01 Å². The Labute approximate surface area is 126 Å². The summed E-state index contributed by atoms with van der Waals surface area (Å²) in [5.41, 5.74) is 0.484. The predicted octanol–water partition coefficient (Wildman–Crippen LogP) is 4.32. The third-order valence-electron chi connectivity index (χ3n) is 2.69. The van der Waals surface area contributed by atoms with Gasteiger partial charge in [-0.25, -0.2) is 4.41 Å². The maximum absolute atomic E-state index is 13.0. The van der Waals surface area contributed by atoms with Crippen LogP contribution < -0.4 is 10.5 Å². The summed E-state index contributed by atoms with van der Waals surface area (Å²) in [5.74, 6) is 0.523. The topological polar surface area (TPSA) is 18.5 Å². The first-order valence-corrected chi connectivity index (χ1v) is 7.02. The zero-order valence-electron chi connectivity index (χ0n) is 11.2. The van der Waals surface area contributed by atoms with Gasteiger partial charge in [0, 0.05) is 5.75 Å². The van der Waals surface area contributed by atoms with Gasteiger partial charge in [-0.1, -0.05) is 6.92 Å². The fraction of sp³-hybridized carbons (Fsp3) is 0.333. The monoisotopic (exact) mass is 343 g/mol. The summed E-state index contributed by atoms with van der Waals surface area (Å²) in [6.07, 6.45) is -8.33. The van der Waals surface area contributed by atoms with E-state index in [1.165, 1.54) is 0 Å². The SMILES string of the molecule is CCSN1C=C(C(F)(F)F)N(c2ccc(C(F)(F)F)cc2)N1. The normalized spacial score (nSPS) is 16.2. The van der Waals surface area contributed by atoms with Crippen LogP contribution in [0.15, 0.2) is 36.2 Å². The molecule has 1 N–H and O–H groups in total. The number of hydrogen-bond acceptors (Lipinski definition) is 4. The van der Waals surface area contributed by atoms with E-state index in [1.807, 2.05) is 0 Å². The molecule has 0 amide bonds. The summed E-state index contributed by atoms with van der Waals surface area (Å²) < 4.78 is 77.7. The average molecular weight is 343 g/mol. The summed E-state index contributed by atoms with van der Waals surface area (Å²) in [7, 11) is 0. The lowest BCUT2D eigenvalue weighted by Gasteiger charge is -2.25. The van der Waals surface area contributed by atoms with Gasteiger partial charge in [-0.05, 0) is 36.2 Å². The lowest BCUT2D eigenvalue weighted by molar-refractivity contribution is -0.137. The van der Waals surface area contributed by atoms with Crippen molar-refractivity contribution >= 4 is 17.6 Å². The lowest BCUT2D eigenvalue weighted by Crippen LogP contribution is -2.40. The van der Waals surface area contributed by atoms with Crippen LogP contribution in [-0.4, -0.2) is 16.3 Å². The standard InChI is InChI=1S/C12H11F6N3S/c1-2-22-20-7-10(12(16,17)18)21(19-20)9-5-3-8(4-6-9)11(13,14)15/h3-7,19H,2H2,1H3. The van der Waals surface area contributed by atoms with Crippen LogP contribution in [0.1, 0.15) is 12.5 Å². The second-order valence-corrected chi connectivity index (χ2v) is 5.46. The number of nitrogens with one attached hydrogen (secondary N) is 1. The number of anilines is 1. The minimum atomic E-state index is -4.64. The van der Waals surface area contributed by atoms with E-state index in [0.717, 1.165) is 46.8 Å². The largest absolute Gasteiger partial charge is 0.434 e. The van der Waals surface area contributed by atoms with Gasteiger partial charge in [0.1, 0.15) is 0 Å². The van der Waals surface area contributed by atoms with Gasteiger partial charge in [0.25, 0.3) is 0 Å². The summed E-state index contributed by atoms with van der Waals surface area (Å²) in [5, 5.41) is 0.697. The number of nitrogens with zero attached hydrogens (tertiary/aromatic N) is 2. The molecule has 0 fully saturated rings. The van der Waals surface area contributed by atoms with Crippen LogP contribution >= 0.6 is 11.9 Å². The Morgan fingerprint density at radius 2 is 1.59 bits per heavy atom. The zero-order chi connectivity index (χ0) is 16.5. The van der Waals surface area contributed by atoms with Crippen LogP contribution in [0.25, 0.3) is 0 Å². The molecule has 122 valence electrons. The molecule has 2 rings (SSSR count). The van der Waals surface area contributed by atoms with E-state index >= 15 is 0 Å². The molecule has 3 nitrogen and oxygen atoms in total. The second kappa shape index (κ2) is 5.92. The molecule has 0 aliphatic carbocycles. The van der Waals surface area contributed by atoms with Gasteiger partial charge < -0.3 is 0 Å². The van der Waals surface area contributed by atoms with Gasteiger partial charge in [0.2, 0.25) is 0 Å². The maximum Gasteiger partial charge on any atom is 0.434 e. The summed E-state index contributed by atoms with van der Waals surface area (Å²) in [6, 6.07) is 3.44. The van der Waals surface area contributed by atoms with E-state index in [4.69, 9.17) is 0 Å². The van der Waals surface area contributed by atoms with E-state index in [1.54, 1.807) is 6.92 Å². The van der Waals surface area contributed by atoms with E-state index in [0.29, 0.717) is 10.8 Å². The molecular weight excluding hydrogens is 332 g/mol. The highest BCUT2D eigenvalue weighted by Crippen LogP contribution is 2.37. The molecule has 10 heteroatoms. The van der Waals surface area contributed by atoms with Crippen LogP contribution in [0.2, 0.25) is 0 Å². The summed E-state index contributed by atoms with van der Waals surface area (Å²) in [4.78, 5) is 0. The Morgan fingerprint density at radius 1 is 1.00 bits per heavy atom. The van der Waals surface area contributed by atoms with Gasteiger partial charge in [0.05, 0.1) is 17.5 Å². The van der Waals surface area contributed by atoms with E-state index in [-0.39, 0.29) is 5.69 Å². The molecular formula is C12H11F6N3S. The minimum absolute atomic E-state index is 0.0456. The first-order valence-electron chi connectivity index (χ1n) is 6.07. The van der Waals surface area contributed by atoms with Crippen molar-refractivity contribution in [2.24, 2.45) is 0 Å². The molecule has 0 atom stereocenters. The van der Waals surface area contributed by atoms with Crippen molar-refractivity contribution in [3.63, 3.8) is 0 Å². The summed E-state index contributed by atoms with van der Waals surface area (Å²) in [6.45, 7) is 1.76. The van der Waals surface area contributed by atoms with Crippen molar-refractivity contribution in [3.8, 4) is 0 Å². The molecule has 1 aliphatic rings. The first-order chi connectivity index (χ1) is 10.1. The quantitative estimate of drug-likeness (QED) is 0.651. The average Bonchev–Trinajstić information content (AvgIpc) is 2.82. The maximum atomic E-state index is 13.0. The highest BCUT2D eigenvalue weighted by molar-refractivity contribution is 7.97. The zero-order valence-corrected chi connectivity index (χ0v) is 12.0. The lowest BCUT2D eigenvalue weighted by atomic mass is 10.2. The van der Waals surface area contributed by atoms with Crippen molar-refractivity contribution in [2.75, 3.05) is 10.8 Å². The smallest absolute Gasteiger partial charge is 0.252 e. The number of alkyl halides is 6. The van der Waals surface area contributed by atoms with Crippen LogP contribution in [0.4, 0.5) is 32.0 Å². The molecule has 0 spiro atoms. The molecule has 0 bridgehead atoms. The highest BCUT2D eigenvalue weighted by atomic mass is 32.2. The van der Waals surface area contributed by atoms with Crippen LogP contribution in [0.5, 0.6) is 0 Å². The third-order valence-corrected chi connectivity index (χ3v) is 3.41. The Hall–Kier alpha value is -1.55. The van der Waals surface area contributed by atoms with Crippen LogP contribution in [0.3, 0.4) is 0 Å². The molecule has 0 saturated carbocycles. The van der Waals surface area contributed by atoms with Crippen LogP contribution in [-0.2, 0) is 6.18 Å². The minimum Gasteiger partial charge on any atom is -0.252 e. The molecule has 1 aliphatic heterocycles. The van der Waals surface area contributed by atoms with Gasteiger partial charge >= 0.3 is 12.4 Å². The number of rotatable bonds is 3. The first kappa shape index (κ1) is 16.8. The Bertz CT molecular complexity index is 551. The fourth-order valence-corrected chi connectivity index (χ4v) is 2.34. The van der Waals surface area contributed by atoms with Crippen molar-refractivity contribution in [1.29, 1.82) is 0 Å². The van der Waals surface area contributed by atoms with E-state index in [9.17, 15) is 26.3 Å². The number of benzene rings is 1. The van der Waals surface area contributed by atoms with E-state index in [2.05, 4.69) is 5.53 Å². The number of hydrogen-bond donors (Lipinski definition) is 1. The Kier molecular flexibility index (Phi) is 4.52. The molecule has 0 aromatic heterocycles.